The average molecular weight is 318 g/mol. The highest BCUT2D eigenvalue weighted by molar-refractivity contribution is 9.10. The van der Waals surface area contributed by atoms with Gasteiger partial charge in [0.1, 0.15) is 11.6 Å². The van der Waals surface area contributed by atoms with E-state index in [2.05, 4.69) is 15.9 Å². The lowest BCUT2D eigenvalue weighted by Gasteiger charge is -2.11. The largest absolute Gasteiger partial charge is 0.319 e. The smallest absolute Gasteiger partial charge is 0.131 e. The van der Waals surface area contributed by atoms with Crippen LogP contribution in [0.15, 0.2) is 28.7 Å². The Morgan fingerprint density at radius 3 is 2.35 bits per heavy atom. The Morgan fingerprint density at radius 2 is 1.88 bits per heavy atom. The van der Waals surface area contributed by atoms with E-state index in [1.807, 2.05) is 6.92 Å². The minimum atomic E-state index is -0.772. The van der Waals surface area contributed by atoms with E-state index in [-0.39, 0.29) is 5.56 Å². The zero-order chi connectivity index (χ0) is 12.6. The summed E-state index contributed by atoms with van der Waals surface area (Å²) in [7, 11) is 0. The van der Waals surface area contributed by atoms with E-state index in [4.69, 9.17) is 5.73 Å². The standard InChI is InChI=1S/C12H10BrF2NS/c1-6-7(13)5-10(17-6)12(16)11-8(14)3-2-4-9(11)15/h2-5,12H,16H2,1H3. The summed E-state index contributed by atoms with van der Waals surface area (Å²) in [6.07, 6.45) is 0. The van der Waals surface area contributed by atoms with Gasteiger partial charge in [0.25, 0.3) is 0 Å². The van der Waals surface area contributed by atoms with Crippen molar-refractivity contribution < 1.29 is 8.78 Å². The van der Waals surface area contributed by atoms with E-state index >= 15 is 0 Å². The van der Waals surface area contributed by atoms with Crippen LogP contribution >= 0.6 is 27.3 Å². The van der Waals surface area contributed by atoms with Crippen molar-refractivity contribution in [3.8, 4) is 0 Å². The molecule has 2 rings (SSSR count). The molecule has 17 heavy (non-hydrogen) atoms. The van der Waals surface area contributed by atoms with Crippen LogP contribution in [0.5, 0.6) is 0 Å². The van der Waals surface area contributed by atoms with Gasteiger partial charge in [-0.05, 0) is 41.1 Å². The number of halogens is 3. The summed E-state index contributed by atoms with van der Waals surface area (Å²) < 4.78 is 28.0. The molecule has 0 fully saturated rings. The molecule has 0 saturated heterocycles. The lowest BCUT2D eigenvalue weighted by molar-refractivity contribution is 0.545. The van der Waals surface area contributed by atoms with Crippen LogP contribution in [0, 0.1) is 18.6 Å². The first kappa shape index (κ1) is 12.7. The van der Waals surface area contributed by atoms with E-state index in [9.17, 15) is 8.78 Å². The molecule has 0 aliphatic rings. The van der Waals surface area contributed by atoms with Crippen LogP contribution in [0.25, 0.3) is 0 Å². The molecule has 0 spiro atoms. The van der Waals surface area contributed by atoms with Crippen molar-refractivity contribution in [2.45, 2.75) is 13.0 Å². The van der Waals surface area contributed by atoms with Gasteiger partial charge in [0.05, 0.1) is 6.04 Å². The molecule has 1 heterocycles. The van der Waals surface area contributed by atoms with Gasteiger partial charge in [0.15, 0.2) is 0 Å². The Balaban J connectivity index is 2.47. The van der Waals surface area contributed by atoms with E-state index in [1.165, 1.54) is 29.5 Å². The van der Waals surface area contributed by atoms with Crippen molar-refractivity contribution in [1.29, 1.82) is 0 Å². The van der Waals surface area contributed by atoms with Crippen LogP contribution in [0.3, 0.4) is 0 Å². The first-order chi connectivity index (χ1) is 8.00. The predicted molar refractivity (Wildman–Crippen MR) is 69.1 cm³/mol. The summed E-state index contributed by atoms with van der Waals surface area (Å²) in [5.41, 5.74) is 5.83. The molecule has 1 unspecified atom stereocenters. The van der Waals surface area contributed by atoms with Crippen LogP contribution in [0.4, 0.5) is 8.78 Å². The molecule has 1 atom stereocenters. The minimum absolute atomic E-state index is 0.0822. The molecule has 5 heteroatoms. The fraction of sp³-hybridized carbons (Fsp3) is 0.167. The fourth-order valence-corrected chi connectivity index (χ4v) is 3.16. The SMILES string of the molecule is Cc1sc(C(N)c2c(F)cccc2F)cc1Br. The Kier molecular flexibility index (Phi) is 3.61. The number of nitrogens with two attached hydrogens (primary N) is 1. The zero-order valence-electron chi connectivity index (χ0n) is 9.01. The molecule has 0 amide bonds. The topological polar surface area (TPSA) is 26.0 Å². The number of aryl methyl sites for hydroxylation is 1. The molecular weight excluding hydrogens is 308 g/mol. The fourth-order valence-electron chi connectivity index (χ4n) is 1.58. The van der Waals surface area contributed by atoms with E-state index < -0.39 is 17.7 Å². The number of rotatable bonds is 2. The van der Waals surface area contributed by atoms with Gasteiger partial charge >= 0.3 is 0 Å². The number of thiophene rings is 1. The van der Waals surface area contributed by atoms with Gasteiger partial charge in [0.2, 0.25) is 0 Å². The third-order valence-corrected chi connectivity index (χ3v) is 4.71. The maximum Gasteiger partial charge on any atom is 0.131 e. The van der Waals surface area contributed by atoms with Crippen molar-refractivity contribution in [1.82, 2.24) is 0 Å². The Hall–Kier alpha value is -0.780. The summed E-state index contributed by atoms with van der Waals surface area (Å²) >= 11 is 4.79. The third kappa shape index (κ3) is 2.41. The minimum Gasteiger partial charge on any atom is -0.319 e. The number of hydrogen-bond acceptors (Lipinski definition) is 2. The summed E-state index contributed by atoms with van der Waals surface area (Å²) in [6, 6.07) is 4.79. The summed E-state index contributed by atoms with van der Waals surface area (Å²) in [5.74, 6) is -1.22. The first-order valence-corrected chi connectivity index (χ1v) is 6.57. The molecule has 0 bridgehead atoms. The highest BCUT2D eigenvalue weighted by Crippen LogP contribution is 2.34. The predicted octanol–water partition coefficient (Wildman–Crippen LogP) is 4.15. The Bertz CT molecular complexity index is 514. The Labute approximate surface area is 110 Å². The van der Waals surface area contributed by atoms with Gasteiger partial charge in [-0.15, -0.1) is 11.3 Å². The molecule has 1 nitrogen and oxygen atoms in total. The van der Waals surface area contributed by atoms with Gasteiger partial charge in [-0.2, -0.15) is 0 Å². The van der Waals surface area contributed by atoms with Crippen molar-refractivity contribution in [3.63, 3.8) is 0 Å². The molecule has 0 saturated carbocycles. The second kappa shape index (κ2) is 4.84. The van der Waals surface area contributed by atoms with Crippen LogP contribution in [-0.2, 0) is 0 Å². The maximum atomic E-state index is 13.6. The third-order valence-electron chi connectivity index (χ3n) is 2.49. The van der Waals surface area contributed by atoms with Gasteiger partial charge in [-0.3, -0.25) is 0 Å². The molecular formula is C12H10BrF2NS. The average Bonchev–Trinajstić information content (AvgIpc) is 2.59. The zero-order valence-corrected chi connectivity index (χ0v) is 11.4. The lowest BCUT2D eigenvalue weighted by atomic mass is 10.1. The highest BCUT2D eigenvalue weighted by Gasteiger charge is 2.20. The van der Waals surface area contributed by atoms with Gasteiger partial charge < -0.3 is 5.73 Å². The van der Waals surface area contributed by atoms with Crippen molar-refractivity contribution in [3.05, 3.63) is 55.7 Å². The molecule has 0 radical (unpaired) electrons. The second-order valence-corrected chi connectivity index (χ2v) is 5.81. The molecule has 0 aliphatic heterocycles. The quantitative estimate of drug-likeness (QED) is 0.884. The van der Waals surface area contributed by atoms with Crippen LogP contribution in [0.2, 0.25) is 0 Å². The second-order valence-electron chi connectivity index (χ2n) is 3.67. The summed E-state index contributed by atoms with van der Waals surface area (Å²) in [5, 5.41) is 0. The number of benzene rings is 1. The van der Waals surface area contributed by atoms with Crippen LogP contribution < -0.4 is 5.73 Å². The van der Waals surface area contributed by atoms with Crippen molar-refractivity contribution >= 4 is 27.3 Å². The van der Waals surface area contributed by atoms with Gasteiger partial charge in [-0.25, -0.2) is 8.78 Å². The summed E-state index contributed by atoms with van der Waals surface area (Å²) in [6.45, 7) is 1.92. The molecule has 1 aromatic heterocycles. The van der Waals surface area contributed by atoms with E-state index in [1.54, 1.807) is 6.07 Å². The molecule has 1 aromatic carbocycles. The molecule has 90 valence electrons. The van der Waals surface area contributed by atoms with Gasteiger partial charge in [0, 0.05) is 19.8 Å². The maximum absolute atomic E-state index is 13.6. The summed E-state index contributed by atoms with van der Waals surface area (Å²) in [4.78, 5) is 1.77. The molecule has 2 aromatic rings. The highest BCUT2D eigenvalue weighted by atomic mass is 79.9. The van der Waals surface area contributed by atoms with Crippen LogP contribution in [0.1, 0.15) is 21.4 Å². The lowest BCUT2D eigenvalue weighted by Crippen LogP contribution is -2.14. The van der Waals surface area contributed by atoms with Crippen molar-refractivity contribution in [2.24, 2.45) is 5.73 Å². The molecule has 2 N–H and O–H groups in total. The first-order valence-electron chi connectivity index (χ1n) is 4.96. The van der Waals surface area contributed by atoms with E-state index in [0.29, 0.717) is 0 Å². The van der Waals surface area contributed by atoms with Crippen molar-refractivity contribution in [2.75, 3.05) is 0 Å². The Morgan fingerprint density at radius 1 is 1.29 bits per heavy atom. The molecule has 0 aliphatic carbocycles. The van der Waals surface area contributed by atoms with E-state index in [0.717, 1.165) is 14.2 Å². The van der Waals surface area contributed by atoms with Crippen LogP contribution in [-0.4, -0.2) is 0 Å². The normalized spacial score (nSPS) is 12.8. The monoisotopic (exact) mass is 317 g/mol. The number of hydrogen-bond donors (Lipinski definition) is 1. The van der Waals surface area contributed by atoms with Gasteiger partial charge in [-0.1, -0.05) is 6.07 Å².